The van der Waals surface area contributed by atoms with Gasteiger partial charge in [0.15, 0.2) is 0 Å². The van der Waals surface area contributed by atoms with Gasteiger partial charge in [-0.1, -0.05) is 103 Å². The van der Waals surface area contributed by atoms with Crippen LogP contribution < -0.4 is 5.32 Å². The standard InChI is InChI=1S/C26H43NO3/c1-3-5-6-7-8-9-10-11-12-13-14-15-16-21-30-25(28)22-27-26(29)24-19-17-23(4-2)18-20-24/h17-20H,3-16,21-22H2,1-2H3,(H,27,29). The van der Waals surface area contributed by atoms with Crippen LogP contribution >= 0.6 is 0 Å². The first-order chi connectivity index (χ1) is 14.7. The van der Waals surface area contributed by atoms with Crippen molar-refractivity contribution in [2.45, 2.75) is 104 Å². The molecule has 0 atom stereocenters. The van der Waals surface area contributed by atoms with Crippen molar-refractivity contribution >= 4 is 11.9 Å². The Balaban J connectivity index is 1.90. The van der Waals surface area contributed by atoms with Crippen LogP contribution in [0.5, 0.6) is 0 Å². The fraction of sp³-hybridized carbons (Fsp3) is 0.692. The van der Waals surface area contributed by atoms with Gasteiger partial charge in [-0.25, -0.2) is 0 Å². The van der Waals surface area contributed by atoms with E-state index in [-0.39, 0.29) is 18.4 Å². The molecule has 0 fully saturated rings. The van der Waals surface area contributed by atoms with E-state index < -0.39 is 0 Å². The molecule has 0 saturated carbocycles. The summed E-state index contributed by atoms with van der Waals surface area (Å²) in [6.07, 6.45) is 17.8. The lowest BCUT2D eigenvalue weighted by Gasteiger charge is -2.07. The van der Waals surface area contributed by atoms with E-state index in [1.54, 1.807) is 12.1 Å². The molecule has 1 N–H and O–H groups in total. The summed E-state index contributed by atoms with van der Waals surface area (Å²) >= 11 is 0. The Bertz CT molecular complexity index is 568. The molecule has 0 aliphatic rings. The van der Waals surface area contributed by atoms with E-state index in [9.17, 15) is 9.59 Å². The number of esters is 1. The molecule has 0 radical (unpaired) electrons. The lowest BCUT2D eigenvalue weighted by Crippen LogP contribution is -2.30. The van der Waals surface area contributed by atoms with Crippen LogP contribution in [0.25, 0.3) is 0 Å². The number of carbonyl (C=O) groups is 2. The van der Waals surface area contributed by atoms with E-state index in [0.29, 0.717) is 12.2 Å². The van der Waals surface area contributed by atoms with Crippen LogP contribution in [-0.4, -0.2) is 25.0 Å². The van der Waals surface area contributed by atoms with Gasteiger partial charge in [-0.2, -0.15) is 0 Å². The van der Waals surface area contributed by atoms with Gasteiger partial charge in [0.1, 0.15) is 6.54 Å². The maximum atomic E-state index is 12.0. The number of hydrogen-bond acceptors (Lipinski definition) is 3. The van der Waals surface area contributed by atoms with E-state index in [2.05, 4.69) is 19.2 Å². The number of benzene rings is 1. The van der Waals surface area contributed by atoms with Crippen LogP contribution in [0.3, 0.4) is 0 Å². The van der Waals surface area contributed by atoms with E-state index >= 15 is 0 Å². The third kappa shape index (κ3) is 13.4. The molecular formula is C26H43NO3. The summed E-state index contributed by atoms with van der Waals surface area (Å²) in [6.45, 7) is 4.70. The Morgan fingerprint density at radius 3 is 1.73 bits per heavy atom. The molecule has 1 amide bonds. The maximum Gasteiger partial charge on any atom is 0.325 e. The lowest BCUT2D eigenvalue weighted by molar-refractivity contribution is -0.142. The monoisotopic (exact) mass is 417 g/mol. The molecule has 0 bridgehead atoms. The number of unbranched alkanes of at least 4 members (excludes halogenated alkanes) is 12. The first-order valence-electron chi connectivity index (χ1n) is 12.2. The molecule has 0 aromatic heterocycles. The Morgan fingerprint density at radius 1 is 0.733 bits per heavy atom. The predicted octanol–water partition coefficient (Wildman–Crippen LogP) is 6.61. The molecule has 30 heavy (non-hydrogen) atoms. The maximum absolute atomic E-state index is 12.0. The zero-order valence-corrected chi connectivity index (χ0v) is 19.3. The van der Waals surface area contributed by atoms with Gasteiger partial charge in [-0.15, -0.1) is 0 Å². The van der Waals surface area contributed by atoms with Crippen LogP contribution in [0.2, 0.25) is 0 Å². The molecule has 0 heterocycles. The van der Waals surface area contributed by atoms with Crippen molar-refractivity contribution in [3.8, 4) is 0 Å². The Labute approximate surface area is 184 Å². The second kappa shape index (κ2) is 18.0. The molecule has 0 aliphatic heterocycles. The molecule has 0 unspecified atom stereocenters. The molecule has 4 heteroatoms. The van der Waals surface area contributed by atoms with Gasteiger partial charge in [-0.3, -0.25) is 9.59 Å². The Kier molecular flexibility index (Phi) is 15.7. The van der Waals surface area contributed by atoms with E-state index in [4.69, 9.17) is 4.74 Å². The molecule has 1 rings (SSSR count). The molecule has 0 aliphatic carbocycles. The summed E-state index contributed by atoms with van der Waals surface area (Å²) in [6, 6.07) is 7.43. The molecule has 170 valence electrons. The number of amides is 1. The summed E-state index contributed by atoms with van der Waals surface area (Å²) in [7, 11) is 0. The van der Waals surface area contributed by atoms with E-state index in [0.717, 1.165) is 19.3 Å². The summed E-state index contributed by atoms with van der Waals surface area (Å²) in [5.74, 6) is -0.608. The highest BCUT2D eigenvalue weighted by Crippen LogP contribution is 2.12. The highest BCUT2D eigenvalue weighted by Gasteiger charge is 2.08. The number of carbonyl (C=O) groups excluding carboxylic acids is 2. The number of hydrogen-bond donors (Lipinski definition) is 1. The number of ether oxygens (including phenoxy) is 1. The minimum absolute atomic E-state index is 0.0766. The molecule has 4 nitrogen and oxygen atoms in total. The summed E-state index contributed by atoms with van der Waals surface area (Å²) in [4.78, 5) is 23.8. The molecule has 0 spiro atoms. The SMILES string of the molecule is CCCCCCCCCCCCCCCOC(=O)CNC(=O)c1ccc(CC)cc1. The summed E-state index contributed by atoms with van der Waals surface area (Å²) in [5, 5.41) is 2.62. The van der Waals surface area contributed by atoms with Crippen LogP contribution in [0.15, 0.2) is 24.3 Å². The summed E-state index contributed by atoms with van der Waals surface area (Å²) < 4.78 is 5.21. The van der Waals surface area contributed by atoms with Gasteiger partial charge in [0.05, 0.1) is 6.61 Å². The van der Waals surface area contributed by atoms with Gasteiger partial charge in [0.25, 0.3) is 5.91 Å². The minimum atomic E-state index is -0.368. The second-order valence-corrected chi connectivity index (χ2v) is 8.20. The minimum Gasteiger partial charge on any atom is -0.464 e. The second-order valence-electron chi connectivity index (χ2n) is 8.20. The topological polar surface area (TPSA) is 55.4 Å². The average Bonchev–Trinajstić information content (AvgIpc) is 2.77. The number of rotatable bonds is 18. The van der Waals surface area contributed by atoms with Crippen LogP contribution in [0.1, 0.15) is 113 Å². The molecular weight excluding hydrogens is 374 g/mol. The quantitative estimate of drug-likeness (QED) is 0.216. The highest BCUT2D eigenvalue weighted by molar-refractivity contribution is 5.95. The van der Waals surface area contributed by atoms with Crippen LogP contribution in [-0.2, 0) is 16.0 Å². The van der Waals surface area contributed by atoms with Crippen LogP contribution in [0.4, 0.5) is 0 Å². The first-order valence-corrected chi connectivity index (χ1v) is 12.2. The van der Waals surface area contributed by atoms with Crippen molar-refractivity contribution in [3.05, 3.63) is 35.4 Å². The van der Waals surface area contributed by atoms with Crippen molar-refractivity contribution in [2.24, 2.45) is 0 Å². The predicted molar refractivity (Wildman–Crippen MR) is 125 cm³/mol. The van der Waals surface area contributed by atoms with E-state index in [1.807, 2.05) is 12.1 Å². The summed E-state index contributed by atoms with van der Waals surface area (Å²) in [5.41, 5.74) is 1.75. The van der Waals surface area contributed by atoms with Gasteiger partial charge < -0.3 is 10.1 Å². The van der Waals surface area contributed by atoms with Gasteiger partial charge in [0, 0.05) is 5.56 Å². The lowest BCUT2D eigenvalue weighted by atomic mass is 10.0. The van der Waals surface area contributed by atoms with Crippen molar-refractivity contribution < 1.29 is 14.3 Å². The third-order valence-electron chi connectivity index (χ3n) is 5.53. The van der Waals surface area contributed by atoms with Crippen molar-refractivity contribution in [1.82, 2.24) is 5.32 Å². The van der Waals surface area contributed by atoms with Gasteiger partial charge in [0.2, 0.25) is 0 Å². The van der Waals surface area contributed by atoms with Crippen molar-refractivity contribution in [2.75, 3.05) is 13.2 Å². The zero-order chi connectivity index (χ0) is 21.9. The van der Waals surface area contributed by atoms with Crippen LogP contribution in [0, 0.1) is 0 Å². The largest absolute Gasteiger partial charge is 0.464 e. The van der Waals surface area contributed by atoms with Crippen molar-refractivity contribution in [1.29, 1.82) is 0 Å². The molecule has 1 aromatic rings. The normalized spacial score (nSPS) is 10.7. The number of nitrogens with one attached hydrogen (secondary N) is 1. The van der Waals surface area contributed by atoms with Gasteiger partial charge >= 0.3 is 5.97 Å². The zero-order valence-electron chi connectivity index (χ0n) is 19.3. The molecule has 0 saturated heterocycles. The first kappa shape index (κ1) is 26.2. The number of aryl methyl sites for hydroxylation is 1. The average molecular weight is 418 g/mol. The van der Waals surface area contributed by atoms with Gasteiger partial charge in [-0.05, 0) is 30.5 Å². The van der Waals surface area contributed by atoms with Crippen molar-refractivity contribution in [3.63, 3.8) is 0 Å². The highest BCUT2D eigenvalue weighted by atomic mass is 16.5. The van der Waals surface area contributed by atoms with E-state index in [1.165, 1.54) is 76.2 Å². The molecule has 1 aromatic carbocycles. The smallest absolute Gasteiger partial charge is 0.325 e. The Hall–Kier alpha value is -1.84. The Morgan fingerprint density at radius 2 is 1.23 bits per heavy atom. The third-order valence-corrected chi connectivity index (χ3v) is 5.53. The fourth-order valence-corrected chi connectivity index (χ4v) is 3.50. The fourth-order valence-electron chi connectivity index (χ4n) is 3.50.